The van der Waals surface area contributed by atoms with E-state index in [2.05, 4.69) is 24.3 Å². The Balaban J connectivity index is 1.44. The normalized spacial score (nSPS) is 18.3. The van der Waals surface area contributed by atoms with Crippen LogP contribution in [-0.2, 0) is 11.2 Å². The first-order valence-electron chi connectivity index (χ1n) is 9.19. The van der Waals surface area contributed by atoms with Crippen molar-refractivity contribution in [3.63, 3.8) is 0 Å². The van der Waals surface area contributed by atoms with Gasteiger partial charge in [-0.05, 0) is 41.3 Å². The summed E-state index contributed by atoms with van der Waals surface area (Å²) in [6.07, 6.45) is 3.75. The van der Waals surface area contributed by atoms with E-state index in [9.17, 15) is 9.90 Å². The van der Waals surface area contributed by atoms with Crippen LogP contribution in [0.25, 0.3) is 10.8 Å². The first kappa shape index (κ1) is 16.9. The first-order valence-corrected chi connectivity index (χ1v) is 9.19. The van der Waals surface area contributed by atoms with Crippen molar-refractivity contribution >= 4 is 16.7 Å². The van der Waals surface area contributed by atoms with Crippen LogP contribution in [0.5, 0.6) is 0 Å². The molecule has 1 amide bonds. The third kappa shape index (κ3) is 3.51. The molecule has 2 heterocycles. The van der Waals surface area contributed by atoms with E-state index in [1.165, 1.54) is 5.39 Å². The topological polar surface area (TPSA) is 53.7 Å². The minimum Gasteiger partial charge on any atom is -0.467 e. The van der Waals surface area contributed by atoms with Gasteiger partial charge in [0.1, 0.15) is 11.9 Å². The highest BCUT2D eigenvalue weighted by atomic mass is 16.4. The number of rotatable bonds is 5. The van der Waals surface area contributed by atoms with Crippen LogP contribution in [-0.4, -0.2) is 28.5 Å². The van der Waals surface area contributed by atoms with Crippen LogP contribution in [0.3, 0.4) is 0 Å². The number of likely N-dealkylation sites (tertiary alicyclic amines) is 1. The molecule has 0 aliphatic carbocycles. The third-order valence-electron chi connectivity index (χ3n) is 5.23. The molecule has 4 nitrogen and oxygen atoms in total. The third-order valence-corrected chi connectivity index (χ3v) is 5.23. The Morgan fingerprint density at radius 1 is 1.15 bits per heavy atom. The molecule has 1 aromatic heterocycles. The van der Waals surface area contributed by atoms with E-state index >= 15 is 0 Å². The van der Waals surface area contributed by atoms with Crippen molar-refractivity contribution in [2.24, 2.45) is 0 Å². The molecule has 1 fully saturated rings. The molecule has 1 aliphatic rings. The monoisotopic (exact) mass is 349 g/mol. The van der Waals surface area contributed by atoms with Crippen LogP contribution in [0.4, 0.5) is 0 Å². The van der Waals surface area contributed by atoms with Crippen LogP contribution in [0, 0.1) is 0 Å². The highest BCUT2D eigenvalue weighted by Crippen LogP contribution is 2.28. The summed E-state index contributed by atoms with van der Waals surface area (Å²) >= 11 is 0. The minimum absolute atomic E-state index is 0.0723. The van der Waals surface area contributed by atoms with E-state index in [1.807, 2.05) is 23.1 Å². The maximum absolute atomic E-state index is 12.9. The predicted octanol–water partition coefficient (Wildman–Crippen LogP) is 4.09. The van der Waals surface area contributed by atoms with Gasteiger partial charge in [0.2, 0.25) is 5.91 Å². The SMILES string of the molecule is O=C(Cc1ccc2ccccc2c1)N1CCCC1CC(O)c1ccco1. The molecule has 0 saturated carbocycles. The van der Waals surface area contributed by atoms with Crippen molar-refractivity contribution in [3.8, 4) is 0 Å². The fourth-order valence-electron chi connectivity index (χ4n) is 3.89. The number of hydrogen-bond acceptors (Lipinski definition) is 3. The van der Waals surface area contributed by atoms with Gasteiger partial charge in [-0.25, -0.2) is 0 Å². The smallest absolute Gasteiger partial charge is 0.227 e. The van der Waals surface area contributed by atoms with E-state index in [1.54, 1.807) is 18.4 Å². The molecule has 3 aromatic rings. The molecule has 1 N–H and O–H groups in total. The summed E-state index contributed by atoms with van der Waals surface area (Å²) in [5, 5.41) is 12.7. The summed E-state index contributed by atoms with van der Waals surface area (Å²) in [6.45, 7) is 0.766. The lowest BCUT2D eigenvalue weighted by Crippen LogP contribution is -2.37. The van der Waals surface area contributed by atoms with Gasteiger partial charge in [-0.3, -0.25) is 4.79 Å². The first-order chi connectivity index (χ1) is 12.7. The second-order valence-electron chi connectivity index (χ2n) is 7.01. The van der Waals surface area contributed by atoms with Gasteiger partial charge in [-0.2, -0.15) is 0 Å². The molecule has 1 saturated heterocycles. The quantitative estimate of drug-likeness (QED) is 0.755. The number of furan rings is 1. The summed E-state index contributed by atoms with van der Waals surface area (Å²) in [5.74, 6) is 0.702. The molecule has 2 unspecified atom stereocenters. The van der Waals surface area contributed by atoms with E-state index in [4.69, 9.17) is 4.42 Å². The average molecular weight is 349 g/mol. The molecule has 0 bridgehead atoms. The predicted molar refractivity (Wildman–Crippen MR) is 101 cm³/mol. The van der Waals surface area contributed by atoms with Crippen LogP contribution >= 0.6 is 0 Å². The zero-order valence-electron chi connectivity index (χ0n) is 14.7. The van der Waals surface area contributed by atoms with Crippen LogP contribution in [0.1, 0.15) is 36.7 Å². The zero-order chi connectivity index (χ0) is 17.9. The number of amides is 1. The molecular formula is C22H23NO3. The number of carbonyl (C=O) groups excluding carboxylic acids is 1. The highest BCUT2D eigenvalue weighted by molar-refractivity contribution is 5.85. The standard InChI is InChI=1S/C22H23NO3/c24-20(21-8-4-12-26-21)15-19-7-3-11-23(19)22(25)14-16-9-10-17-5-1-2-6-18(17)13-16/h1-2,4-6,8-10,12-13,19-20,24H,3,7,11,14-15H2. The van der Waals surface area contributed by atoms with Crippen molar-refractivity contribution in [3.05, 3.63) is 72.2 Å². The molecule has 0 spiro atoms. The fourth-order valence-corrected chi connectivity index (χ4v) is 3.89. The molecule has 2 aromatic carbocycles. The molecule has 26 heavy (non-hydrogen) atoms. The number of hydrogen-bond donors (Lipinski definition) is 1. The summed E-state index contributed by atoms with van der Waals surface area (Å²) in [7, 11) is 0. The van der Waals surface area contributed by atoms with Crippen LogP contribution in [0.15, 0.2) is 65.3 Å². The van der Waals surface area contributed by atoms with Gasteiger partial charge >= 0.3 is 0 Å². The van der Waals surface area contributed by atoms with E-state index < -0.39 is 6.10 Å². The molecule has 1 aliphatic heterocycles. The second kappa shape index (κ2) is 7.34. The number of benzene rings is 2. The lowest BCUT2D eigenvalue weighted by molar-refractivity contribution is -0.131. The summed E-state index contributed by atoms with van der Waals surface area (Å²) in [5.41, 5.74) is 1.03. The summed E-state index contributed by atoms with van der Waals surface area (Å²) in [4.78, 5) is 14.8. The largest absolute Gasteiger partial charge is 0.467 e. The van der Waals surface area contributed by atoms with E-state index in [0.29, 0.717) is 18.6 Å². The maximum Gasteiger partial charge on any atom is 0.227 e. The number of aliphatic hydroxyl groups is 1. The Bertz CT molecular complexity index is 887. The van der Waals surface area contributed by atoms with Gasteiger partial charge in [0.25, 0.3) is 0 Å². The van der Waals surface area contributed by atoms with Crippen LogP contribution < -0.4 is 0 Å². The van der Waals surface area contributed by atoms with E-state index in [-0.39, 0.29) is 11.9 Å². The van der Waals surface area contributed by atoms with Crippen molar-refractivity contribution < 1.29 is 14.3 Å². The van der Waals surface area contributed by atoms with Gasteiger partial charge < -0.3 is 14.4 Å². The molecule has 4 rings (SSSR count). The van der Waals surface area contributed by atoms with Gasteiger partial charge in [-0.15, -0.1) is 0 Å². The molecule has 2 atom stereocenters. The zero-order valence-corrected chi connectivity index (χ0v) is 14.7. The van der Waals surface area contributed by atoms with E-state index in [0.717, 1.165) is 30.3 Å². The Labute approximate surface area is 153 Å². The van der Waals surface area contributed by atoms with Gasteiger partial charge in [0, 0.05) is 19.0 Å². The van der Waals surface area contributed by atoms with Gasteiger partial charge in [-0.1, -0.05) is 42.5 Å². The Morgan fingerprint density at radius 3 is 2.81 bits per heavy atom. The lowest BCUT2D eigenvalue weighted by Gasteiger charge is -2.26. The number of fused-ring (bicyclic) bond motifs is 1. The van der Waals surface area contributed by atoms with Crippen molar-refractivity contribution in [1.29, 1.82) is 0 Å². The molecule has 4 heteroatoms. The van der Waals surface area contributed by atoms with Crippen LogP contribution in [0.2, 0.25) is 0 Å². The van der Waals surface area contributed by atoms with Gasteiger partial charge in [0.15, 0.2) is 0 Å². The number of carbonyl (C=O) groups is 1. The second-order valence-corrected chi connectivity index (χ2v) is 7.01. The van der Waals surface area contributed by atoms with Crippen molar-refractivity contribution in [2.45, 2.75) is 37.8 Å². The fraction of sp³-hybridized carbons (Fsp3) is 0.318. The maximum atomic E-state index is 12.9. The van der Waals surface area contributed by atoms with Gasteiger partial charge in [0.05, 0.1) is 12.7 Å². The number of nitrogens with zero attached hydrogens (tertiary/aromatic N) is 1. The van der Waals surface area contributed by atoms with Crippen molar-refractivity contribution in [1.82, 2.24) is 4.90 Å². The Hall–Kier alpha value is -2.59. The summed E-state index contributed by atoms with van der Waals surface area (Å²) < 4.78 is 5.28. The Morgan fingerprint density at radius 2 is 2.00 bits per heavy atom. The Kier molecular flexibility index (Phi) is 4.76. The molecular weight excluding hydrogens is 326 g/mol. The minimum atomic E-state index is -0.663. The summed E-state index contributed by atoms with van der Waals surface area (Å²) in [6, 6.07) is 18.0. The molecule has 134 valence electrons. The highest BCUT2D eigenvalue weighted by Gasteiger charge is 2.31. The average Bonchev–Trinajstić information content (AvgIpc) is 3.33. The lowest BCUT2D eigenvalue weighted by atomic mass is 10.0. The van der Waals surface area contributed by atoms with Crippen molar-refractivity contribution in [2.75, 3.05) is 6.54 Å². The number of aliphatic hydroxyl groups excluding tert-OH is 1. The molecule has 0 radical (unpaired) electrons.